The van der Waals surface area contributed by atoms with Crippen LogP contribution in [0.4, 0.5) is 4.79 Å². The number of aliphatic hydroxyl groups is 2. The van der Waals surface area contributed by atoms with Gasteiger partial charge in [-0.15, -0.1) is 0 Å². The third-order valence-corrected chi connectivity index (χ3v) is 10.5. The van der Waals surface area contributed by atoms with Crippen molar-refractivity contribution in [3.63, 3.8) is 0 Å². The minimum absolute atomic E-state index is 0.0114. The van der Waals surface area contributed by atoms with E-state index in [2.05, 4.69) is 15.5 Å². The lowest BCUT2D eigenvalue weighted by molar-refractivity contribution is -0.130. The van der Waals surface area contributed by atoms with Gasteiger partial charge in [0.2, 0.25) is 15.9 Å². The van der Waals surface area contributed by atoms with E-state index in [1.807, 2.05) is 65.0 Å². The lowest BCUT2D eigenvalue weighted by Crippen LogP contribution is -2.59. The molecule has 1 aromatic heterocycles. The Morgan fingerprint density at radius 1 is 1.00 bits per heavy atom. The predicted octanol–water partition coefficient (Wildman–Crippen LogP) is 3.47. The summed E-state index contributed by atoms with van der Waals surface area (Å²) in [6, 6.07) is 18.3. The van der Waals surface area contributed by atoms with Crippen LogP contribution in [0.25, 0.3) is 0 Å². The molecule has 3 atom stereocenters. The number of hydrogen-bond acceptors (Lipinski definition) is 9. The Bertz CT molecular complexity index is 1750. The number of amides is 3. The predicted molar refractivity (Wildman–Crippen MR) is 193 cm³/mol. The van der Waals surface area contributed by atoms with E-state index in [1.54, 1.807) is 23.1 Å². The maximum atomic E-state index is 14.3. The Hall–Kier alpha value is -4.37. The van der Waals surface area contributed by atoms with E-state index in [-0.39, 0.29) is 49.5 Å². The molecule has 3 aromatic rings. The van der Waals surface area contributed by atoms with E-state index < -0.39 is 39.5 Å². The Morgan fingerprint density at radius 3 is 2.27 bits per heavy atom. The first-order chi connectivity index (χ1) is 24.1. The molecule has 14 heteroatoms. The molecule has 0 bridgehead atoms. The third kappa shape index (κ3) is 10.3. The van der Waals surface area contributed by atoms with Crippen LogP contribution in [-0.2, 0) is 34.4 Å². The molecule has 0 unspecified atom stereocenters. The second kappa shape index (κ2) is 17.2. The Balaban J connectivity index is 1.60. The highest BCUT2D eigenvalue weighted by Crippen LogP contribution is 2.29. The molecule has 4 rings (SSSR count). The van der Waals surface area contributed by atoms with E-state index >= 15 is 0 Å². The molecule has 276 valence electrons. The minimum Gasteiger partial charge on any atom is -0.411 e. The molecule has 0 saturated carbocycles. The number of carbonyl (C=O) groups is 2. The smallest absolute Gasteiger partial charge is 0.321 e. The summed E-state index contributed by atoms with van der Waals surface area (Å²) in [5.74, 6) is -0.539. The van der Waals surface area contributed by atoms with E-state index in [0.29, 0.717) is 30.0 Å². The Kier molecular flexibility index (Phi) is 13.3. The number of nitrogens with zero attached hydrogens (tertiary/aromatic N) is 5. The van der Waals surface area contributed by atoms with Gasteiger partial charge in [0.05, 0.1) is 47.8 Å². The highest BCUT2D eigenvalue weighted by Gasteiger charge is 2.44. The van der Waals surface area contributed by atoms with Gasteiger partial charge < -0.3 is 30.5 Å². The number of carbonyl (C=O) groups excluding carboxylic acids is 2. The maximum absolute atomic E-state index is 14.3. The molecule has 0 radical (unpaired) electrons. The van der Waals surface area contributed by atoms with Crippen molar-refractivity contribution < 1.29 is 33.4 Å². The number of aromatic nitrogens is 1. The van der Waals surface area contributed by atoms with Gasteiger partial charge in [-0.2, -0.15) is 4.31 Å². The van der Waals surface area contributed by atoms with E-state index in [9.17, 15) is 28.2 Å². The molecule has 4 N–H and O–H groups in total. The van der Waals surface area contributed by atoms with Gasteiger partial charge in [-0.1, -0.05) is 88.3 Å². The van der Waals surface area contributed by atoms with Crippen molar-refractivity contribution in [2.45, 2.75) is 77.3 Å². The summed E-state index contributed by atoms with van der Waals surface area (Å²) in [7, 11) is -4.08. The lowest BCUT2D eigenvalue weighted by Gasteiger charge is -2.38. The van der Waals surface area contributed by atoms with Crippen molar-refractivity contribution in [2.75, 3.05) is 26.2 Å². The lowest BCUT2D eigenvalue weighted by atomic mass is 9.84. The molecule has 0 aliphatic carbocycles. The van der Waals surface area contributed by atoms with Crippen molar-refractivity contribution in [1.82, 2.24) is 24.4 Å². The summed E-state index contributed by atoms with van der Waals surface area (Å²) in [6.07, 6.45) is 0.0806. The number of pyridine rings is 1. The number of aliphatic hydroxyl groups excluding tert-OH is 2. The second-order valence-electron chi connectivity index (χ2n) is 14.3. The molecule has 1 fully saturated rings. The number of rotatable bonds is 16. The van der Waals surface area contributed by atoms with Crippen molar-refractivity contribution >= 4 is 28.2 Å². The summed E-state index contributed by atoms with van der Waals surface area (Å²) in [6.45, 7) is 9.85. The van der Waals surface area contributed by atoms with Crippen LogP contribution in [0.3, 0.4) is 0 Å². The third-order valence-electron chi connectivity index (χ3n) is 8.66. The summed E-state index contributed by atoms with van der Waals surface area (Å²) in [5, 5.41) is 36.1. The number of benzene rings is 2. The number of sulfonamides is 1. The zero-order chi connectivity index (χ0) is 37.3. The first kappa shape index (κ1) is 39.4. The molecule has 2 aromatic carbocycles. The largest absolute Gasteiger partial charge is 0.411 e. The van der Waals surface area contributed by atoms with Crippen LogP contribution in [0.1, 0.15) is 57.1 Å². The average molecular weight is 723 g/mol. The Labute approximate surface area is 300 Å². The van der Waals surface area contributed by atoms with Crippen LogP contribution in [0.5, 0.6) is 0 Å². The van der Waals surface area contributed by atoms with Gasteiger partial charge in [0.1, 0.15) is 6.04 Å². The van der Waals surface area contributed by atoms with Crippen molar-refractivity contribution in [2.24, 2.45) is 16.5 Å². The van der Waals surface area contributed by atoms with Crippen LogP contribution in [0, 0.1) is 11.3 Å². The minimum atomic E-state index is -4.08. The fraction of sp³-hybridized carbons (Fsp3) is 0.459. The molecule has 3 amide bonds. The second-order valence-corrected chi connectivity index (χ2v) is 16.3. The van der Waals surface area contributed by atoms with Crippen LogP contribution in [0.15, 0.2) is 82.8 Å². The number of hydrogen-bond donors (Lipinski definition) is 4. The van der Waals surface area contributed by atoms with Gasteiger partial charge in [-0.05, 0) is 53.1 Å². The summed E-state index contributed by atoms with van der Waals surface area (Å²) < 4.78 is 29.0. The summed E-state index contributed by atoms with van der Waals surface area (Å²) >= 11 is 0. The van der Waals surface area contributed by atoms with Gasteiger partial charge >= 0.3 is 6.03 Å². The molecule has 2 heterocycles. The topological polar surface area (TPSA) is 176 Å². The summed E-state index contributed by atoms with van der Waals surface area (Å²) in [4.78, 5) is 35.6. The van der Waals surface area contributed by atoms with Gasteiger partial charge in [-0.25, -0.2) is 13.2 Å². The SMILES string of the molecule is CC(C)CN(C[C@H](O)[C@H](Cc1ccccc1)NC(=O)[C@@H](N1CCN(Cc2cccc(CO)n2)C1=O)C(C)(C)C)S(=O)(=O)c1ccc(C=NO)cc1. The molecule has 1 saturated heterocycles. The normalized spacial score (nSPS) is 15.9. The highest BCUT2D eigenvalue weighted by molar-refractivity contribution is 7.89. The Morgan fingerprint density at radius 2 is 1.67 bits per heavy atom. The van der Waals surface area contributed by atoms with Crippen molar-refractivity contribution in [3.8, 4) is 0 Å². The quantitative estimate of drug-likeness (QED) is 0.0988. The molecule has 1 aliphatic heterocycles. The van der Waals surface area contributed by atoms with Gasteiger partial charge in [0.15, 0.2) is 0 Å². The van der Waals surface area contributed by atoms with Gasteiger partial charge in [-0.3, -0.25) is 9.78 Å². The average Bonchev–Trinajstić information content (AvgIpc) is 3.42. The molecular formula is C37H50N6O7S. The van der Waals surface area contributed by atoms with E-state index in [0.717, 1.165) is 5.56 Å². The van der Waals surface area contributed by atoms with Crippen LogP contribution in [-0.4, -0.2) is 105 Å². The molecule has 0 spiro atoms. The molecule has 1 aliphatic rings. The first-order valence-electron chi connectivity index (χ1n) is 17.0. The summed E-state index contributed by atoms with van der Waals surface area (Å²) in [5.41, 5.74) is 1.76. The standard InChI is InChI=1S/C37H50N6O7S/c1-26(2)22-42(51(49,50)31-16-14-28(15-17-31)21-38-48)24-33(45)32(20-27-10-7-6-8-11-27)40-35(46)34(37(3,4)5)43-19-18-41(36(43)47)23-29-12-9-13-30(25-44)39-29/h6-17,21,26,32-34,44-45,48H,18-20,22-25H2,1-5H3,(H,40,46)/t32-,33-,34+/m0/s1. The van der Waals surface area contributed by atoms with E-state index in [1.165, 1.54) is 39.7 Å². The molecule has 13 nitrogen and oxygen atoms in total. The number of urea groups is 1. The van der Waals surface area contributed by atoms with Crippen LogP contribution in [0.2, 0.25) is 0 Å². The zero-order valence-corrected chi connectivity index (χ0v) is 30.7. The number of nitrogens with one attached hydrogen (secondary N) is 1. The number of oxime groups is 1. The van der Waals surface area contributed by atoms with Gasteiger partial charge in [0, 0.05) is 26.2 Å². The van der Waals surface area contributed by atoms with Gasteiger partial charge in [0.25, 0.3) is 0 Å². The first-order valence-corrected chi connectivity index (χ1v) is 18.5. The van der Waals surface area contributed by atoms with Crippen LogP contribution >= 0.6 is 0 Å². The van der Waals surface area contributed by atoms with Crippen molar-refractivity contribution in [3.05, 3.63) is 95.3 Å². The molecular weight excluding hydrogens is 673 g/mol. The monoisotopic (exact) mass is 722 g/mol. The van der Waals surface area contributed by atoms with E-state index in [4.69, 9.17) is 5.21 Å². The molecule has 51 heavy (non-hydrogen) atoms. The maximum Gasteiger partial charge on any atom is 0.321 e. The fourth-order valence-electron chi connectivity index (χ4n) is 6.26. The van der Waals surface area contributed by atoms with Crippen molar-refractivity contribution in [1.29, 1.82) is 0 Å². The van der Waals surface area contributed by atoms with Crippen LogP contribution < -0.4 is 5.32 Å². The zero-order valence-electron chi connectivity index (χ0n) is 29.9. The fourth-order valence-corrected chi connectivity index (χ4v) is 7.88. The highest BCUT2D eigenvalue weighted by atomic mass is 32.2.